The maximum absolute atomic E-state index is 4.64. The van der Waals surface area contributed by atoms with Crippen LogP contribution in [0.1, 0.15) is 116 Å². The Labute approximate surface area is 211 Å². The molecule has 0 saturated heterocycles. The van der Waals surface area contributed by atoms with Crippen LogP contribution in [0.15, 0.2) is 29.3 Å². The average molecular weight is 543 g/mol. The fourth-order valence-corrected chi connectivity index (χ4v) is 4.08. The first-order chi connectivity index (χ1) is 14.7. The van der Waals surface area contributed by atoms with Crippen molar-refractivity contribution in [2.24, 2.45) is 4.99 Å². The Hall–Kier alpha value is -0.420. The van der Waals surface area contributed by atoms with Crippen LogP contribution in [0, 0.1) is 0 Å². The minimum Gasteiger partial charge on any atom is -1.00 e. The lowest BCUT2D eigenvalue weighted by atomic mass is 10.0. The highest BCUT2D eigenvalue weighted by Gasteiger charge is 2.19. The highest BCUT2D eigenvalue weighted by Crippen LogP contribution is 2.20. The molecule has 0 N–H and O–H groups in total. The van der Waals surface area contributed by atoms with Gasteiger partial charge in [0.25, 0.3) is 0 Å². The highest BCUT2D eigenvalue weighted by molar-refractivity contribution is 5.80. The number of hydrogen-bond donors (Lipinski definition) is 0. The van der Waals surface area contributed by atoms with E-state index in [1.54, 1.807) is 0 Å². The molecule has 0 atom stereocenters. The summed E-state index contributed by atoms with van der Waals surface area (Å²) in [5, 5.41) is 0. The average Bonchev–Trinajstić information content (AvgIpc) is 2.78. The van der Waals surface area contributed by atoms with Crippen LogP contribution in [0.4, 0.5) is 5.69 Å². The molecule has 1 rings (SSSR count). The number of hydrogen-bond acceptors (Lipinski definition) is 1. The molecule has 2 nitrogen and oxygen atoms in total. The number of nitrogens with zero attached hydrogens (tertiary/aromatic N) is 2. The van der Waals surface area contributed by atoms with E-state index in [-0.39, 0.29) is 24.0 Å². The van der Waals surface area contributed by atoms with E-state index in [0.29, 0.717) is 0 Å². The molecule has 0 amide bonds. The summed E-state index contributed by atoms with van der Waals surface area (Å²) in [4.78, 5) is 4.64. The Morgan fingerprint density at radius 3 is 1.48 bits per heavy atom. The second-order valence-corrected chi connectivity index (χ2v) is 9.25. The zero-order valence-electron chi connectivity index (χ0n) is 21.2. The number of quaternary nitrogens is 1. The summed E-state index contributed by atoms with van der Waals surface area (Å²) >= 11 is 0. The third kappa shape index (κ3) is 14.4. The lowest BCUT2D eigenvalue weighted by molar-refractivity contribution is -0.00000660. The summed E-state index contributed by atoms with van der Waals surface area (Å²) in [7, 11) is 2.30. The van der Waals surface area contributed by atoms with Crippen molar-refractivity contribution < 1.29 is 24.0 Å². The molecule has 0 heterocycles. The van der Waals surface area contributed by atoms with E-state index >= 15 is 0 Å². The van der Waals surface area contributed by atoms with Gasteiger partial charge < -0.3 is 24.0 Å². The van der Waals surface area contributed by atoms with Crippen LogP contribution >= 0.6 is 0 Å². The summed E-state index contributed by atoms with van der Waals surface area (Å²) in [6.07, 6.45) is 21.8. The Balaban J connectivity index is 0.00000900. The minimum atomic E-state index is 0. The van der Waals surface area contributed by atoms with E-state index in [2.05, 4.69) is 57.1 Å². The molecule has 0 saturated carbocycles. The van der Waals surface area contributed by atoms with Crippen molar-refractivity contribution in [3.8, 4) is 0 Å². The fourth-order valence-electron chi connectivity index (χ4n) is 4.08. The SMILES string of the molecule is CCCCCCCCCCCCCCCCN=Cc1ccc([N+](C)(CC)CC)cc1.[I-]. The van der Waals surface area contributed by atoms with Crippen molar-refractivity contribution in [3.63, 3.8) is 0 Å². The van der Waals surface area contributed by atoms with Crippen LogP contribution in [-0.2, 0) is 0 Å². The van der Waals surface area contributed by atoms with E-state index in [9.17, 15) is 0 Å². The van der Waals surface area contributed by atoms with E-state index in [4.69, 9.17) is 0 Å². The fraction of sp³-hybridized carbons (Fsp3) is 0.750. The third-order valence-electron chi connectivity index (χ3n) is 6.79. The van der Waals surface area contributed by atoms with Gasteiger partial charge in [-0.05, 0) is 50.1 Å². The molecule has 0 aliphatic carbocycles. The summed E-state index contributed by atoms with van der Waals surface area (Å²) in [6, 6.07) is 8.96. The van der Waals surface area contributed by atoms with Gasteiger partial charge in [-0.2, -0.15) is 0 Å². The van der Waals surface area contributed by atoms with Gasteiger partial charge in [-0.1, -0.05) is 90.4 Å². The van der Waals surface area contributed by atoms with Crippen LogP contribution in [-0.4, -0.2) is 32.9 Å². The molecule has 0 radical (unpaired) electrons. The summed E-state index contributed by atoms with van der Waals surface area (Å²) in [5.74, 6) is 0. The molecular weight excluding hydrogens is 491 g/mol. The molecule has 0 aliphatic rings. The lowest BCUT2D eigenvalue weighted by Crippen LogP contribution is -3.00. The number of benzene rings is 1. The van der Waals surface area contributed by atoms with Crippen molar-refractivity contribution >= 4 is 11.9 Å². The number of unbranched alkanes of at least 4 members (excludes halogenated alkanes) is 13. The number of aliphatic imine (C=N–C) groups is 1. The molecule has 0 unspecified atom stereocenters. The number of halogens is 1. The van der Waals surface area contributed by atoms with Gasteiger partial charge in [0.05, 0.1) is 20.1 Å². The smallest absolute Gasteiger partial charge is 0.132 e. The molecule has 3 heteroatoms. The largest absolute Gasteiger partial charge is 1.00 e. The van der Waals surface area contributed by atoms with E-state index in [1.165, 1.54) is 101 Å². The molecule has 0 spiro atoms. The lowest BCUT2D eigenvalue weighted by Gasteiger charge is -2.31. The second-order valence-electron chi connectivity index (χ2n) is 9.25. The zero-order chi connectivity index (χ0) is 21.9. The van der Waals surface area contributed by atoms with Gasteiger partial charge in [-0.25, -0.2) is 0 Å². The van der Waals surface area contributed by atoms with Crippen molar-refractivity contribution in [1.82, 2.24) is 4.48 Å². The minimum absolute atomic E-state index is 0. The topological polar surface area (TPSA) is 12.4 Å². The number of rotatable bonds is 19. The third-order valence-corrected chi connectivity index (χ3v) is 6.79. The van der Waals surface area contributed by atoms with Crippen LogP contribution in [0.5, 0.6) is 0 Å². The molecule has 180 valence electrons. The van der Waals surface area contributed by atoms with Crippen molar-refractivity contribution in [2.45, 2.75) is 111 Å². The molecule has 0 bridgehead atoms. The molecule has 0 aliphatic heterocycles. The van der Waals surface area contributed by atoms with E-state index < -0.39 is 0 Å². The van der Waals surface area contributed by atoms with Gasteiger partial charge in [-0.15, -0.1) is 0 Å². The normalized spacial score (nSPS) is 11.7. The summed E-state index contributed by atoms with van der Waals surface area (Å²) < 4.78 is 0.996. The maximum atomic E-state index is 4.64. The highest BCUT2D eigenvalue weighted by atomic mass is 127. The van der Waals surface area contributed by atoms with E-state index in [1.807, 2.05) is 6.21 Å². The molecule has 31 heavy (non-hydrogen) atoms. The first kappa shape index (κ1) is 30.6. The standard InChI is InChI=1S/C28H51N2.HI/c1-5-8-9-10-11-12-13-14-15-16-17-18-19-20-25-29-26-27-21-23-28(24-22-27)30(4,6-2)7-3;/h21-24,26H,5-20,25H2,1-4H3;1H/q+1;/p-1. The summed E-state index contributed by atoms with van der Waals surface area (Å²) in [6.45, 7) is 10.0. The van der Waals surface area contributed by atoms with Crippen LogP contribution < -0.4 is 28.5 Å². The van der Waals surface area contributed by atoms with Gasteiger partial charge in [0, 0.05) is 12.8 Å². The molecular formula is C28H51IN2. The van der Waals surface area contributed by atoms with Crippen LogP contribution in [0.3, 0.4) is 0 Å². The Morgan fingerprint density at radius 1 is 0.645 bits per heavy atom. The van der Waals surface area contributed by atoms with Crippen molar-refractivity contribution in [1.29, 1.82) is 0 Å². The maximum Gasteiger partial charge on any atom is 0.132 e. The predicted molar refractivity (Wildman–Crippen MR) is 138 cm³/mol. The van der Waals surface area contributed by atoms with Crippen molar-refractivity contribution in [3.05, 3.63) is 29.8 Å². The van der Waals surface area contributed by atoms with Gasteiger partial charge in [-0.3, -0.25) is 9.48 Å². The zero-order valence-corrected chi connectivity index (χ0v) is 23.3. The van der Waals surface area contributed by atoms with Gasteiger partial charge in [0.1, 0.15) is 5.69 Å². The second kappa shape index (κ2) is 20.2. The molecule has 1 aromatic rings. The Bertz CT molecular complexity index is 534. The quantitative estimate of drug-likeness (QED) is 0.0939. The molecule has 0 aromatic heterocycles. The molecule has 1 aromatic carbocycles. The van der Waals surface area contributed by atoms with Crippen LogP contribution in [0.25, 0.3) is 0 Å². The predicted octanol–water partition coefficient (Wildman–Crippen LogP) is 5.57. The monoisotopic (exact) mass is 542 g/mol. The van der Waals surface area contributed by atoms with Gasteiger partial charge in [0.2, 0.25) is 0 Å². The first-order valence-electron chi connectivity index (χ1n) is 13.1. The first-order valence-corrected chi connectivity index (χ1v) is 13.1. The summed E-state index contributed by atoms with van der Waals surface area (Å²) in [5.41, 5.74) is 2.62. The van der Waals surface area contributed by atoms with Gasteiger partial charge in [0.15, 0.2) is 0 Å². The van der Waals surface area contributed by atoms with Gasteiger partial charge >= 0.3 is 0 Å². The van der Waals surface area contributed by atoms with E-state index in [0.717, 1.165) is 24.1 Å². The Morgan fingerprint density at radius 2 is 1.06 bits per heavy atom. The van der Waals surface area contributed by atoms with Crippen LogP contribution in [0.2, 0.25) is 0 Å². The molecule has 0 fully saturated rings. The Kier molecular flexibility index (Phi) is 19.9. The van der Waals surface area contributed by atoms with Crippen molar-refractivity contribution in [2.75, 3.05) is 26.7 Å².